The Kier molecular flexibility index (Phi) is 4.04. The zero-order valence-corrected chi connectivity index (χ0v) is 10.1. The van der Waals surface area contributed by atoms with Crippen LogP contribution in [0.4, 0.5) is 0 Å². The van der Waals surface area contributed by atoms with Gasteiger partial charge in [-0.2, -0.15) is 0 Å². The molecule has 0 radical (unpaired) electrons. The Bertz CT molecular complexity index is 189. The molecule has 0 saturated heterocycles. The van der Waals surface area contributed by atoms with Gasteiger partial charge in [-0.15, -0.1) is 0 Å². The first-order valence-electron chi connectivity index (χ1n) is 6.82. The topological polar surface area (TPSA) is 29.3 Å². The molecule has 2 nitrogen and oxygen atoms in total. The van der Waals surface area contributed by atoms with Crippen LogP contribution in [0.2, 0.25) is 0 Å². The van der Waals surface area contributed by atoms with E-state index in [1.54, 1.807) is 0 Å². The molecule has 0 spiro atoms. The lowest BCUT2D eigenvalue weighted by Gasteiger charge is -2.40. The second kappa shape index (κ2) is 5.31. The summed E-state index contributed by atoms with van der Waals surface area (Å²) in [4.78, 5) is 2.79. The highest BCUT2D eigenvalue weighted by atomic mass is 15.2. The van der Waals surface area contributed by atoms with Crippen LogP contribution >= 0.6 is 0 Å². The highest BCUT2D eigenvalue weighted by molar-refractivity contribution is 4.92. The van der Waals surface area contributed by atoms with Gasteiger partial charge in [0.05, 0.1) is 0 Å². The highest BCUT2D eigenvalue weighted by Crippen LogP contribution is 2.35. The molecule has 2 aliphatic rings. The zero-order valence-electron chi connectivity index (χ0n) is 10.1. The molecule has 2 atom stereocenters. The fraction of sp³-hybridized carbons (Fsp3) is 1.00. The third-order valence-corrected chi connectivity index (χ3v) is 4.10. The van der Waals surface area contributed by atoms with Gasteiger partial charge in [-0.3, -0.25) is 4.90 Å². The lowest BCUT2D eigenvalue weighted by molar-refractivity contribution is 0.0991. The van der Waals surface area contributed by atoms with Crippen LogP contribution in [0.5, 0.6) is 0 Å². The van der Waals surface area contributed by atoms with E-state index in [1.807, 2.05) is 0 Å². The van der Waals surface area contributed by atoms with Gasteiger partial charge in [0, 0.05) is 12.1 Å². The van der Waals surface area contributed by atoms with Crippen LogP contribution in [0, 0.1) is 5.92 Å². The van der Waals surface area contributed by atoms with E-state index in [9.17, 15) is 0 Å². The Morgan fingerprint density at radius 2 is 1.87 bits per heavy atom. The average Bonchev–Trinajstić information content (AvgIpc) is 3.10. The van der Waals surface area contributed by atoms with Crippen molar-refractivity contribution in [1.29, 1.82) is 0 Å². The molecule has 2 saturated carbocycles. The monoisotopic (exact) mass is 210 g/mol. The molecule has 88 valence electrons. The van der Waals surface area contributed by atoms with Crippen LogP contribution in [-0.4, -0.2) is 30.1 Å². The van der Waals surface area contributed by atoms with Gasteiger partial charge in [-0.1, -0.05) is 19.8 Å². The van der Waals surface area contributed by atoms with Gasteiger partial charge in [-0.05, 0) is 51.1 Å². The molecule has 2 rings (SSSR count). The summed E-state index contributed by atoms with van der Waals surface area (Å²) in [6.45, 7) is 4.50. The lowest BCUT2D eigenvalue weighted by atomic mass is 9.83. The van der Waals surface area contributed by atoms with Gasteiger partial charge >= 0.3 is 0 Å². The predicted octanol–water partition coefficient (Wildman–Crippen LogP) is 2.38. The maximum atomic E-state index is 5.92. The van der Waals surface area contributed by atoms with E-state index in [2.05, 4.69) is 11.8 Å². The van der Waals surface area contributed by atoms with E-state index in [4.69, 9.17) is 5.73 Å². The van der Waals surface area contributed by atoms with Crippen LogP contribution in [0.15, 0.2) is 0 Å². The number of rotatable bonds is 5. The van der Waals surface area contributed by atoms with Crippen molar-refractivity contribution in [3.63, 3.8) is 0 Å². The normalized spacial score (nSPS) is 32.2. The predicted molar refractivity (Wildman–Crippen MR) is 64.8 cm³/mol. The summed E-state index contributed by atoms with van der Waals surface area (Å²) >= 11 is 0. The summed E-state index contributed by atoms with van der Waals surface area (Å²) in [5, 5.41) is 0. The number of nitrogens with zero attached hydrogens (tertiary/aromatic N) is 1. The number of hydrogen-bond donors (Lipinski definition) is 1. The summed E-state index contributed by atoms with van der Waals surface area (Å²) < 4.78 is 0. The van der Waals surface area contributed by atoms with Gasteiger partial charge in [0.1, 0.15) is 0 Å². The van der Waals surface area contributed by atoms with Crippen LogP contribution in [-0.2, 0) is 0 Å². The molecule has 0 amide bonds. The largest absolute Gasteiger partial charge is 0.330 e. The van der Waals surface area contributed by atoms with Crippen molar-refractivity contribution in [1.82, 2.24) is 4.90 Å². The molecular formula is C13H26N2. The van der Waals surface area contributed by atoms with Crippen molar-refractivity contribution in [2.75, 3.05) is 13.1 Å². The summed E-state index contributed by atoms with van der Waals surface area (Å²) in [6.07, 6.45) is 9.77. The summed E-state index contributed by atoms with van der Waals surface area (Å²) in [7, 11) is 0. The Hall–Kier alpha value is -0.0800. The molecule has 0 aromatic heterocycles. The smallest absolute Gasteiger partial charge is 0.0138 e. The summed E-state index contributed by atoms with van der Waals surface area (Å²) in [6, 6.07) is 1.73. The van der Waals surface area contributed by atoms with Gasteiger partial charge in [-0.25, -0.2) is 0 Å². The van der Waals surface area contributed by atoms with Crippen molar-refractivity contribution in [3.8, 4) is 0 Å². The van der Waals surface area contributed by atoms with E-state index in [0.717, 1.165) is 24.5 Å². The Labute approximate surface area is 94.2 Å². The molecule has 0 aromatic rings. The second-order valence-electron chi connectivity index (χ2n) is 5.32. The van der Waals surface area contributed by atoms with Crippen molar-refractivity contribution < 1.29 is 0 Å². The lowest BCUT2D eigenvalue weighted by Crippen LogP contribution is -2.46. The SMILES string of the molecule is CCCN(C1CC1)C1CCCCC1CN. The second-order valence-corrected chi connectivity index (χ2v) is 5.32. The number of nitrogens with two attached hydrogens (primary N) is 1. The first kappa shape index (κ1) is 11.4. The van der Waals surface area contributed by atoms with E-state index < -0.39 is 0 Å². The fourth-order valence-corrected chi connectivity index (χ4v) is 3.18. The molecule has 2 N–H and O–H groups in total. The highest BCUT2D eigenvalue weighted by Gasteiger charge is 2.37. The third kappa shape index (κ3) is 2.73. The molecule has 2 fully saturated rings. The minimum absolute atomic E-state index is 0.783. The van der Waals surface area contributed by atoms with Crippen LogP contribution in [0.25, 0.3) is 0 Å². The molecule has 2 aliphatic carbocycles. The standard InChI is InChI=1S/C13H26N2/c1-2-9-15(12-7-8-12)13-6-4-3-5-11(13)10-14/h11-13H,2-10,14H2,1H3. The first-order valence-corrected chi connectivity index (χ1v) is 6.82. The summed E-state index contributed by atoms with van der Waals surface area (Å²) in [5.74, 6) is 0.783. The van der Waals surface area contributed by atoms with E-state index in [1.165, 1.54) is 51.5 Å². The molecule has 2 unspecified atom stereocenters. The van der Waals surface area contributed by atoms with Crippen molar-refractivity contribution in [2.24, 2.45) is 11.7 Å². The van der Waals surface area contributed by atoms with Crippen LogP contribution < -0.4 is 5.73 Å². The summed E-state index contributed by atoms with van der Waals surface area (Å²) in [5.41, 5.74) is 5.92. The molecule has 2 heteroatoms. The molecule has 0 aliphatic heterocycles. The maximum Gasteiger partial charge on any atom is 0.0138 e. The van der Waals surface area contributed by atoms with Crippen molar-refractivity contribution >= 4 is 0 Å². The third-order valence-electron chi connectivity index (χ3n) is 4.10. The van der Waals surface area contributed by atoms with Crippen molar-refractivity contribution in [3.05, 3.63) is 0 Å². The minimum Gasteiger partial charge on any atom is -0.330 e. The Morgan fingerprint density at radius 1 is 1.13 bits per heavy atom. The quantitative estimate of drug-likeness (QED) is 0.755. The molecule has 0 bridgehead atoms. The maximum absolute atomic E-state index is 5.92. The van der Waals surface area contributed by atoms with Crippen LogP contribution in [0.1, 0.15) is 51.9 Å². The Morgan fingerprint density at radius 3 is 2.47 bits per heavy atom. The Balaban J connectivity index is 1.96. The first-order chi connectivity index (χ1) is 7.36. The molecule has 15 heavy (non-hydrogen) atoms. The molecular weight excluding hydrogens is 184 g/mol. The molecule has 0 aromatic carbocycles. The van der Waals surface area contributed by atoms with Gasteiger partial charge in [0.2, 0.25) is 0 Å². The zero-order chi connectivity index (χ0) is 10.7. The van der Waals surface area contributed by atoms with Crippen LogP contribution in [0.3, 0.4) is 0 Å². The van der Waals surface area contributed by atoms with Gasteiger partial charge in [0.25, 0.3) is 0 Å². The van der Waals surface area contributed by atoms with E-state index in [-0.39, 0.29) is 0 Å². The van der Waals surface area contributed by atoms with Gasteiger partial charge in [0.15, 0.2) is 0 Å². The minimum atomic E-state index is 0.783. The van der Waals surface area contributed by atoms with Gasteiger partial charge < -0.3 is 5.73 Å². The van der Waals surface area contributed by atoms with E-state index >= 15 is 0 Å². The van der Waals surface area contributed by atoms with E-state index in [0.29, 0.717) is 0 Å². The number of hydrogen-bond acceptors (Lipinski definition) is 2. The fourth-order valence-electron chi connectivity index (χ4n) is 3.18. The average molecular weight is 210 g/mol. The molecule has 0 heterocycles. The van der Waals surface area contributed by atoms with Crippen molar-refractivity contribution in [2.45, 2.75) is 64.0 Å².